The van der Waals surface area contributed by atoms with Gasteiger partial charge >= 0.3 is 0 Å². The van der Waals surface area contributed by atoms with Gasteiger partial charge in [0, 0.05) is 13.0 Å². The third-order valence-corrected chi connectivity index (χ3v) is 5.78. The molecule has 30 heavy (non-hydrogen) atoms. The minimum absolute atomic E-state index is 0.264. The second kappa shape index (κ2) is 9.03. The molecule has 3 nitrogen and oxygen atoms in total. The van der Waals surface area contributed by atoms with Gasteiger partial charge in [-0.3, -0.25) is 0 Å². The van der Waals surface area contributed by atoms with Crippen molar-refractivity contribution in [3.05, 3.63) is 88.0 Å². The lowest BCUT2D eigenvalue weighted by atomic mass is 9.87. The third kappa shape index (κ3) is 4.14. The van der Waals surface area contributed by atoms with Crippen LogP contribution in [0.3, 0.4) is 0 Å². The quantitative estimate of drug-likeness (QED) is 0.348. The average molecular weight is 403 g/mol. The van der Waals surface area contributed by atoms with Crippen molar-refractivity contribution in [2.75, 3.05) is 33.5 Å². The topological polar surface area (TPSA) is 27.7 Å². The van der Waals surface area contributed by atoms with Crippen LogP contribution in [0.5, 0.6) is 5.75 Å². The standard InChI is InChI=1S/C27H30O3/c1-18-5-8-22-23-9-6-19(2)16-25(23)27(24(22)15-18)21-7-10-26(20(3)17-21)30-14-13-29-12-11-28-4/h5-10,15-17,27H,11-14H2,1-4H3. The van der Waals surface area contributed by atoms with Crippen LogP contribution in [0.2, 0.25) is 0 Å². The van der Waals surface area contributed by atoms with E-state index in [-0.39, 0.29) is 5.92 Å². The summed E-state index contributed by atoms with van der Waals surface area (Å²) in [7, 11) is 1.68. The Morgan fingerprint density at radius 1 is 0.700 bits per heavy atom. The summed E-state index contributed by atoms with van der Waals surface area (Å²) in [5.41, 5.74) is 10.6. The predicted molar refractivity (Wildman–Crippen MR) is 122 cm³/mol. The highest BCUT2D eigenvalue weighted by molar-refractivity contribution is 5.81. The fourth-order valence-corrected chi connectivity index (χ4v) is 4.33. The molecule has 0 N–H and O–H groups in total. The largest absolute Gasteiger partial charge is 0.491 e. The molecule has 0 fully saturated rings. The van der Waals surface area contributed by atoms with Gasteiger partial charge in [-0.2, -0.15) is 0 Å². The van der Waals surface area contributed by atoms with E-state index in [1.165, 1.54) is 38.9 Å². The normalized spacial score (nSPS) is 12.7. The number of aryl methyl sites for hydroxylation is 3. The van der Waals surface area contributed by atoms with Gasteiger partial charge in [0.25, 0.3) is 0 Å². The molecule has 156 valence electrons. The Hall–Kier alpha value is -2.62. The molecule has 0 bridgehead atoms. The highest BCUT2D eigenvalue weighted by atomic mass is 16.5. The SMILES string of the molecule is COCCOCCOc1ccc(C2c3cc(C)ccc3-c3ccc(C)cc32)cc1C. The van der Waals surface area contributed by atoms with Crippen LogP contribution in [-0.4, -0.2) is 33.5 Å². The Kier molecular flexibility index (Phi) is 6.21. The monoisotopic (exact) mass is 402 g/mol. The van der Waals surface area contributed by atoms with Crippen molar-refractivity contribution in [2.24, 2.45) is 0 Å². The summed E-state index contributed by atoms with van der Waals surface area (Å²) >= 11 is 0. The molecule has 4 rings (SSSR count). The fourth-order valence-electron chi connectivity index (χ4n) is 4.33. The van der Waals surface area contributed by atoms with Gasteiger partial charge in [0.2, 0.25) is 0 Å². The van der Waals surface area contributed by atoms with Crippen LogP contribution >= 0.6 is 0 Å². The van der Waals surface area contributed by atoms with E-state index in [4.69, 9.17) is 14.2 Å². The maximum Gasteiger partial charge on any atom is 0.122 e. The summed E-state index contributed by atoms with van der Waals surface area (Å²) in [5.74, 6) is 1.18. The molecular formula is C27H30O3. The van der Waals surface area contributed by atoms with E-state index in [0.29, 0.717) is 26.4 Å². The maximum absolute atomic E-state index is 5.95. The summed E-state index contributed by atoms with van der Waals surface area (Å²) in [4.78, 5) is 0. The van der Waals surface area contributed by atoms with E-state index >= 15 is 0 Å². The van der Waals surface area contributed by atoms with Crippen LogP contribution in [0, 0.1) is 20.8 Å². The molecular weight excluding hydrogens is 372 g/mol. The fraction of sp³-hybridized carbons (Fsp3) is 0.333. The Labute approximate surface area is 179 Å². The van der Waals surface area contributed by atoms with Crippen LogP contribution in [0.25, 0.3) is 11.1 Å². The molecule has 0 atom stereocenters. The Bertz CT molecular complexity index is 987. The van der Waals surface area contributed by atoms with Crippen molar-refractivity contribution >= 4 is 0 Å². The number of benzene rings is 3. The van der Waals surface area contributed by atoms with E-state index in [0.717, 1.165) is 11.3 Å². The summed E-state index contributed by atoms with van der Waals surface area (Å²) < 4.78 is 16.4. The van der Waals surface area contributed by atoms with Crippen LogP contribution in [0.1, 0.15) is 39.3 Å². The molecule has 1 aliphatic carbocycles. The van der Waals surface area contributed by atoms with Crippen molar-refractivity contribution in [3.8, 4) is 16.9 Å². The molecule has 0 radical (unpaired) electrons. The average Bonchev–Trinajstić information content (AvgIpc) is 3.03. The second-order valence-electron chi connectivity index (χ2n) is 8.09. The van der Waals surface area contributed by atoms with E-state index in [1.807, 2.05) is 0 Å². The van der Waals surface area contributed by atoms with Gasteiger partial charge in [-0.1, -0.05) is 59.7 Å². The maximum atomic E-state index is 5.95. The first kappa shape index (κ1) is 20.6. The van der Waals surface area contributed by atoms with Crippen LogP contribution in [0.4, 0.5) is 0 Å². The van der Waals surface area contributed by atoms with Gasteiger partial charge < -0.3 is 14.2 Å². The van der Waals surface area contributed by atoms with Crippen LogP contribution in [0.15, 0.2) is 54.6 Å². The van der Waals surface area contributed by atoms with E-state index < -0.39 is 0 Å². The Morgan fingerprint density at radius 2 is 1.33 bits per heavy atom. The number of methoxy groups -OCH3 is 1. The Morgan fingerprint density at radius 3 is 1.93 bits per heavy atom. The van der Waals surface area contributed by atoms with Crippen LogP contribution in [-0.2, 0) is 9.47 Å². The van der Waals surface area contributed by atoms with E-state index in [9.17, 15) is 0 Å². The van der Waals surface area contributed by atoms with Gasteiger partial charge in [-0.25, -0.2) is 0 Å². The smallest absolute Gasteiger partial charge is 0.122 e. The highest BCUT2D eigenvalue weighted by Gasteiger charge is 2.30. The molecule has 3 aromatic rings. The molecule has 3 heteroatoms. The predicted octanol–water partition coefficient (Wildman–Crippen LogP) is 5.81. The Balaban J connectivity index is 1.59. The van der Waals surface area contributed by atoms with E-state index in [2.05, 4.69) is 75.4 Å². The highest BCUT2D eigenvalue weighted by Crippen LogP contribution is 2.48. The number of hydrogen-bond donors (Lipinski definition) is 0. The van der Waals surface area contributed by atoms with E-state index in [1.54, 1.807) is 7.11 Å². The molecule has 0 saturated carbocycles. The molecule has 3 aromatic carbocycles. The lowest BCUT2D eigenvalue weighted by Gasteiger charge is -2.18. The van der Waals surface area contributed by atoms with Crippen LogP contribution < -0.4 is 4.74 Å². The molecule has 0 saturated heterocycles. The lowest BCUT2D eigenvalue weighted by Crippen LogP contribution is -2.10. The lowest BCUT2D eigenvalue weighted by molar-refractivity contribution is 0.0543. The van der Waals surface area contributed by atoms with Crippen molar-refractivity contribution in [1.29, 1.82) is 0 Å². The minimum atomic E-state index is 0.264. The molecule has 0 unspecified atom stereocenters. The zero-order valence-electron chi connectivity index (χ0n) is 18.3. The number of fused-ring (bicyclic) bond motifs is 3. The molecule has 1 aliphatic rings. The number of ether oxygens (including phenoxy) is 3. The minimum Gasteiger partial charge on any atom is -0.491 e. The molecule has 0 aromatic heterocycles. The van der Waals surface area contributed by atoms with Gasteiger partial charge in [-0.15, -0.1) is 0 Å². The third-order valence-electron chi connectivity index (χ3n) is 5.78. The van der Waals surface area contributed by atoms with Crippen molar-refractivity contribution in [3.63, 3.8) is 0 Å². The van der Waals surface area contributed by atoms with Gasteiger partial charge in [0.15, 0.2) is 0 Å². The first-order valence-electron chi connectivity index (χ1n) is 10.6. The van der Waals surface area contributed by atoms with Crippen molar-refractivity contribution in [2.45, 2.75) is 26.7 Å². The first-order valence-corrected chi connectivity index (χ1v) is 10.6. The summed E-state index contributed by atoms with van der Waals surface area (Å²) in [6, 6.07) is 20.2. The zero-order valence-corrected chi connectivity index (χ0v) is 18.3. The van der Waals surface area contributed by atoms with Gasteiger partial charge in [0.1, 0.15) is 12.4 Å². The summed E-state index contributed by atoms with van der Waals surface area (Å²) in [6.45, 7) is 8.76. The second-order valence-corrected chi connectivity index (χ2v) is 8.09. The number of hydrogen-bond acceptors (Lipinski definition) is 3. The first-order chi connectivity index (χ1) is 14.6. The van der Waals surface area contributed by atoms with Crippen molar-refractivity contribution < 1.29 is 14.2 Å². The molecule has 0 heterocycles. The molecule has 0 aliphatic heterocycles. The zero-order chi connectivity index (χ0) is 21.1. The van der Waals surface area contributed by atoms with Gasteiger partial charge in [-0.05, 0) is 60.2 Å². The van der Waals surface area contributed by atoms with Gasteiger partial charge in [0.05, 0.1) is 19.8 Å². The molecule has 0 spiro atoms. The van der Waals surface area contributed by atoms with Crippen molar-refractivity contribution in [1.82, 2.24) is 0 Å². The number of rotatable bonds is 8. The molecule has 0 amide bonds. The summed E-state index contributed by atoms with van der Waals surface area (Å²) in [5, 5.41) is 0. The summed E-state index contributed by atoms with van der Waals surface area (Å²) in [6.07, 6.45) is 0.